The summed E-state index contributed by atoms with van der Waals surface area (Å²) in [5, 5.41) is 14.1. The number of amides is 1. The fourth-order valence-corrected chi connectivity index (χ4v) is 10.9. The number of carbonyl (C=O) groups excluding carboxylic acids is 1. The molecule has 0 aromatic heterocycles. The normalized spacial score (nSPS) is 14.1. The summed E-state index contributed by atoms with van der Waals surface area (Å²) < 4.78 is 23.5. The number of allylic oxidation sites excluding steroid dienone is 12. The van der Waals surface area contributed by atoms with E-state index in [1.165, 1.54) is 218 Å². The number of phosphoric acid groups is 1. The number of aliphatic hydroxyl groups is 1. The van der Waals surface area contributed by atoms with E-state index in [-0.39, 0.29) is 19.1 Å². The maximum atomic E-state index is 13.1. The Hall–Kier alpha value is -2.06. The Balaban J connectivity index is 4.07. The number of rotatable bonds is 63. The summed E-state index contributed by atoms with van der Waals surface area (Å²) >= 11 is 0. The Morgan fingerprint density at radius 3 is 1.11 bits per heavy atom. The van der Waals surface area contributed by atoms with Gasteiger partial charge in [-0.2, -0.15) is 0 Å². The molecule has 80 heavy (non-hydrogen) atoms. The zero-order valence-electron chi connectivity index (χ0n) is 53.5. The third-order valence-electron chi connectivity index (χ3n) is 15.5. The minimum atomic E-state index is -4.58. The van der Waals surface area contributed by atoms with E-state index >= 15 is 0 Å². The zero-order chi connectivity index (χ0) is 58.4. The van der Waals surface area contributed by atoms with Crippen LogP contribution in [0.4, 0.5) is 0 Å². The molecule has 0 rings (SSSR count). The maximum Gasteiger partial charge on any atom is 0.268 e. The van der Waals surface area contributed by atoms with Gasteiger partial charge in [-0.05, 0) is 64.2 Å². The highest BCUT2D eigenvalue weighted by Gasteiger charge is 2.24. The van der Waals surface area contributed by atoms with Crippen LogP contribution in [-0.4, -0.2) is 68.5 Å². The third-order valence-corrected chi connectivity index (χ3v) is 16.4. The molecule has 9 heteroatoms. The minimum Gasteiger partial charge on any atom is -0.756 e. The van der Waals surface area contributed by atoms with Gasteiger partial charge in [0.1, 0.15) is 13.2 Å². The highest BCUT2D eigenvalue weighted by Crippen LogP contribution is 2.38. The first-order chi connectivity index (χ1) is 39.0. The molecule has 1 amide bonds. The predicted molar refractivity (Wildman–Crippen MR) is 348 cm³/mol. The molecule has 3 atom stereocenters. The summed E-state index contributed by atoms with van der Waals surface area (Å²) in [6.07, 6.45) is 85.4. The quantitative estimate of drug-likeness (QED) is 0.0272. The van der Waals surface area contributed by atoms with Crippen molar-refractivity contribution >= 4 is 13.7 Å². The van der Waals surface area contributed by atoms with Crippen LogP contribution in [0.5, 0.6) is 0 Å². The lowest BCUT2D eigenvalue weighted by atomic mass is 10.0. The van der Waals surface area contributed by atoms with E-state index in [9.17, 15) is 19.4 Å². The van der Waals surface area contributed by atoms with E-state index in [2.05, 4.69) is 92.1 Å². The van der Waals surface area contributed by atoms with Gasteiger partial charge >= 0.3 is 0 Å². The summed E-state index contributed by atoms with van der Waals surface area (Å²) in [5.41, 5.74) is 0. The average Bonchev–Trinajstić information content (AvgIpc) is 3.42. The van der Waals surface area contributed by atoms with Crippen molar-refractivity contribution in [1.29, 1.82) is 0 Å². The van der Waals surface area contributed by atoms with Gasteiger partial charge in [0.25, 0.3) is 7.82 Å². The van der Waals surface area contributed by atoms with Crippen molar-refractivity contribution in [3.05, 3.63) is 72.9 Å². The van der Waals surface area contributed by atoms with Gasteiger partial charge in [0.05, 0.1) is 39.9 Å². The van der Waals surface area contributed by atoms with Crippen LogP contribution in [0.3, 0.4) is 0 Å². The fraction of sp³-hybridized carbons (Fsp3) is 0.817. The molecule has 0 bridgehead atoms. The lowest BCUT2D eigenvalue weighted by Crippen LogP contribution is -2.46. The van der Waals surface area contributed by atoms with Crippen LogP contribution in [0.1, 0.15) is 322 Å². The van der Waals surface area contributed by atoms with Crippen molar-refractivity contribution in [2.45, 2.75) is 334 Å². The molecule has 0 aromatic carbocycles. The molecule has 8 nitrogen and oxygen atoms in total. The van der Waals surface area contributed by atoms with Gasteiger partial charge in [-0.1, -0.05) is 324 Å². The molecule has 0 aliphatic rings. The molecule has 3 unspecified atom stereocenters. The van der Waals surface area contributed by atoms with Crippen LogP contribution >= 0.6 is 7.82 Å². The molecule has 2 N–H and O–H groups in total. The second-order valence-corrected chi connectivity index (χ2v) is 25.9. The number of hydrogen-bond acceptors (Lipinski definition) is 6. The molecule has 0 aliphatic carbocycles. The number of nitrogens with zero attached hydrogens (tertiary/aromatic N) is 1. The number of aliphatic hydroxyl groups excluding tert-OH is 1. The van der Waals surface area contributed by atoms with Crippen molar-refractivity contribution in [3.63, 3.8) is 0 Å². The monoisotopic (exact) mass is 1140 g/mol. The number of unbranched alkanes of at least 4 members (excludes halogenated alkanes) is 38. The fourth-order valence-electron chi connectivity index (χ4n) is 10.2. The summed E-state index contributed by atoms with van der Waals surface area (Å²) in [6, 6.07) is -0.807. The Morgan fingerprint density at radius 1 is 0.450 bits per heavy atom. The number of quaternary nitrogens is 1. The number of phosphoric ester groups is 1. The maximum absolute atomic E-state index is 13.1. The van der Waals surface area contributed by atoms with E-state index < -0.39 is 20.0 Å². The summed E-state index contributed by atoms with van der Waals surface area (Å²) in [7, 11) is 1.31. The number of likely N-dealkylation sites (N-methyl/N-ethyl adjacent to an activating group) is 1. The lowest BCUT2D eigenvalue weighted by molar-refractivity contribution is -0.870. The average molecular weight is 1140 g/mol. The largest absolute Gasteiger partial charge is 0.756 e. The van der Waals surface area contributed by atoms with Crippen molar-refractivity contribution in [3.8, 4) is 0 Å². The van der Waals surface area contributed by atoms with Crippen LogP contribution in [0, 0.1) is 0 Å². The Morgan fingerprint density at radius 2 is 0.762 bits per heavy atom. The van der Waals surface area contributed by atoms with Gasteiger partial charge < -0.3 is 28.8 Å². The van der Waals surface area contributed by atoms with E-state index in [4.69, 9.17) is 9.05 Å². The molecule has 0 aliphatic heterocycles. The molecule has 0 saturated heterocycles. The number of carbonyl (C=O) groups is 1. The van der Waals surface area contributed by atoms with Gasteiger partial charge in [-0.25, -0.2) is 0 Å². The van der Waals surface area contributed by atoms with E-state index in [1.54, 1.807) is 0 Å². The first kappa shape index (κ1) is 77.9. The Bertz CT molecular complexity index is 1530. The molecule has 0 heterocycles. The smallest absolute Gasteiger partial charge is 0.268 e. The number of hydrogen-bond donors (Lipinski definition) is 2. The van der Waals surface area contributed by atoms with Gasteiger partial charge in [-0.3, -0.25) is 9.36 Å². The minimum absolute atomic E-state index is 0.0102. The molecular weight excluding hydrogens is 1010 g/mol. The molecule has 0 spiro atoms. The molecular formula is C71H133N2O6P. The second-order valence-electron chi connectivity index (χ2n) is 24.5. The van der Waals surface area contributed by atoms with E-state index in [1.807, 2.05) is 21.1 Å². The summed E-state index contributed by atoms with van der Waals surface area (Å²) in [5.74, 6) is -0.165. The van der Waals surface area contributed by atoms with Crippen molar-refractivity contribution in [2.75, 3.05) is 40.9 Å². The lowest BCUT2D eigenvalue weighted by Gasteiger charge is -2.30. The van der Waals surface area contributed by atoms with Crippen LogP contribution in [0.25, 0.3) is 0 Å². The van der Waals surface area contributed by atoms with Crippen molar-refractivity contribution < 1.29 is 32.9 Å². The van der Waals surface area contributed by atoms with E-state index in [0.717, 1.165) is 77.0 Å². The Labute approximate surface area is 497 Å². The van der Waals surface area contributed by atoms with Gasteiger partial charge in [-0.15, -0.1) is 0 Å². The third kappa shape index (κ3) is 63.5. The van der Waals surface area contributed by atoms with Gasteiger partial charge in [0, 0.05) is 6.42 Å². The topological polar surface area (TPSA) is 108 Å². The molecule has 0 radical (unpaired) electrons. The Kier molecular flexibility index (Phi) is 59.9. The molecule has 0 saturated carbocycles. The van der Waals surface area contributed by atoms with Gasteiger partial charge in [0.2, 0.25) is 5.91 Å². The van der Waals surface area contributed by atoms with Crippen LogP contribution < -0.4 is 10.2 Å². The first-order valence-corrected chi connectivity index (χ1v) is 35.7. The molecule has 0 aromatic rings. The molecule has 0 fully saturated rings. The highest BCUT2D eigenvalue weighted by atomic mass is 31.2. The predicted octanol–water partition coefficient (Wildman–Crippen LogP) is 21.1. The van der Waals surface area contributed by atoms with E-state index in [0.29, 0.717) is 23.9 Å². The standard InChI is InChI=1S/C71H133N2O6P/c1-6-8-10-12-14-16-18-20-22-24-26-28-30-32-34-35-36-37-39-41-43-45-47-49-51-53-55-57-59-61-63-65-71(75)72-69(68-79-80(76,77)78-67-66-73(3,4)5)70(74)64-62-60-58-56-54-52-50-48-46-44-42-40-38-33-31-29-27-25-23-21-19-17-15-13-11-9-7-2/h8,10,14,16,20,22,26,28,32,34,36-37,69-70,74H,6-7,9,11-13,15,17-19,21,23-25,27,29-31,33,35,38-68H2,1-5H3,(H-,72,75,76,77)/b10-8-,16-14-,22-20-,28-26-,34-32-,37-36-. The van der Waals surface area contributed by atoms with Crippen LogP contribution in [0.15, 0.2) is 72.9 Å². The van der Waals surface area contributed by atoms with Gasteiger partial charge in [0.15, 0.2) is 0 Å². The highest BCUT2D eigenvalue weighted by molar-refractivity contribution is 7.45. The van der Waals surface area contributed by atoms with Crippen LogP contribution in [-0.2, 0) is 18.4 Å². The van der Waals surface area contributed by atoms with Crippen molar-refractivity contribution in [2.24, 2.45) is 0 Å². The summed E-state index contributed by atoms with van der Waals surface area (Å²) in [6.45, 7) is 4.64. The summed E-state index contributed by atoms with van der Waals surface area (Å²) in [4.78, 5) is 25.7. The molecule has 468 valence electrons. The second kappa shape index (κ2) is 61.5. The SMILES string of the molecule is CC/C=C\C/C=C\C/C=C\C/C=C\C/C=C\C/C=C\CCCCCCCCCCCCCCC(=O)NC(COP(=O)([O-])OCC[N+](C)(C)C)C(O)CCCCCCCCCCCCCCCCCCCCCCCCCCCCC. The number of nitrogens with one attached hydrogen (secondary N) is 1. The first-order valence-electron chi connectivity index (χ1n) is 34.3. The van der Waals surface area contributed by atoms with Crippen LogP contribution in [0.2, 0.25) is 0 Å². The zero-order valence-corrected chi connectivity index (χ0v) is 54.4. The van der Waals surface area contributed by atoms with Crippen molar-refractivity contribution in [1.82, 2.24) is 5.32 Å².